The number of ketones is 1. The second-order valence-electron chi connectivity index (χ2n) is 5.46. The lowest BCUT2D eigenvalue weighted by molar-refractivity contribution is -0.140. The molecule has 0 spiro atoms. The summed E-state index contributed by atoms with van der Waals surface area (Å²) in [6, 6.07) is 8.18. The zero-order chi connectivity index (χ0) is 15.4. The fourth-order valence-electron chi connectivity index (χ4n) is 2.43. The molecule has 1 heterocycles. The number of Topliss-reactive ketones (excluding diaryl/α,β-unsaturated/α-hetero) is 1. The molecule has 0 aliphatic carbocycles. The van der Waals surface area contributed by atoms with Gasteiger partial charge in [-0.2, -0.15) is 0 Å². The van der Waals surface area contributed by atoms with Gasteiger partial charge in [-0.15, -0.1) is 0 Å². The second-order valence-corrected chi connectivity index (χ2v) is 5.46. The molecule has 0 bridgehead atoms. The first kappa shape index (κ1) is 15.3. The van der Waals surface area contributed by atoms with Crippen LogP contribution in [0.2, 0.25) is 0 Å². The van der Waals surface area contributed by atoms with Crippen LogP contribution in [0.25, 0.3) is 10.9 Å². The van der Waals surface area contributed by atoms with Gasteiger partial charge in [-0.1, -0.05) is 32.0 Å². The minimum atomic E-state index is -0.468. The summed E-state index contributed by atoms with van der Waals surface area (Å²) < 4.78 is 2.08. The molecule has 0 aliphatic heterocycles. The van der Waals surface area contributed by atoms with E-state index in [-0.39, 0.29) is 11.7 Å². The number of hydrogen-bond donors (Lipinski definition) is 1. The first-order chi connectivity index (χ1) is 10.0. The summed E-state index contributed by atoms with van der Waals surface area (Å²) in [6.07, 6.45) is 3.49. The maximum absolute atomic E-state index is 11.7. The Bertz CT molecular complexity index is 658. The Morgan fingerprint density at radius 1 is 1.29 bits per heavy atom. The zero-order valence-corrected chi connectivity index (χ0v) is 12.8. The molecule has 0 saturated carbocycles. The topological polar surface area (TPSA) is 51.1 Å². The second kappa shape index (κ2) is 6.57. The molecule has 4 heteroatoms. The minimum absolute atomic E-state index is 0.206. The van der Waals surface area contributed by atoms with Crippen molar-refractivity contribution >= 4 is 22.6 Å². The number of carbonyl (C=O) groups is 2. The highest BCUT2D eigenvalue weighted by Crippen LogP contribution is 2.20. The maximum Gasteiger partial charge on any atom is 0.287 e. The van der Waals surface area contributed by atoms with Gasteiger partial charge in [-0.25, -0.2) is 0 Å². The number of aromatic nitrogens is 1. The maximum atomic E-state index is 11.7. The highest BCUT2D eigenvalue weighted by Gasteiger charge is 2.19. The SMILES string of the molecule is CCC(C)C(=O)C(=O)NCCc1cn(C)c2ccccc12. The van der Waals surface area contributed by atoms with Crippen molar-refractivity contribution in [1.82, 2.24) is 9.88 Å². The number of carbonyl (C=O) groups excluding carboxylic acids is 2. The van der Waals surface area contributed by atoms with E-state index in [4.69, 9.17) is 0 Å². The Kier molecular flexibility index (Phi) is 4.78. The van der Waals surface area contributed by atoms with Gasteiger partial charge in [0, 0.05) is 36.6 Å². The minimum Gasteiger partial charge on any atom is -0.350 e. The van der Waals surface area contributed by atoms with Crippen LogP contribution in [0, 0.1) is 5.92 Å². The molecule has 0 aliphatic rings. The van der Waals surface area contributed by atoms with E-state index in [1.54, 1.807) is 6.92 Å². The summed E-state index contributed by atoms with van der Waals surface area (Å²) in [7, 11) is 2.01. The van der Waals surface area contributed by atoms with Gasteiger partial charge >= 0.3 is 0 Å². The Morgan fingerprint density at radius 3 is 2.71 bits per heavy atom. The van der Waals surface area contributed by atoms with E-state index in [9.17, 15) is 9.59 Å². The van der Waals surface area contributed by atoms with Crippen LogP contribution in [0.15, 0.2) is 30.5 Å². The smallest absolute Gasteiger partial charge is 0.287 e. The van der Waals surface area contributed by atoms with Gasteiger partial charge in [-0.3, -0.25) is 9.59 Å². The van der Waals surface area contributed by atoms with Crippen LogP contribution < -0.4 is 5.32 Å². The summed E-state index contributed by atoms with van der Waals surface area (Å²) in [5.41, 5.74) is 2.36. The number of nitrogens with zero attached hydrogens (tertiary/aromatic N) is 1. The van der Waals surface area contributed by atoms with Crippen molar-refractivity contribution < 1.29 is 9.59 Å². The van der Waals surface area contributed by atoms with Crippen molar-refractivity contribution in [1.29, 1.82) is 0 Å². The Balaban J connectivity index is 1.97. The van der Waals surface area contributed by atoms with E-state index in [0.717, 1.165) is 6.42 Å². The van der Waals surface area contributed by atoms with Gasteiger partial charge in [0.15, 0.2) is 0 Å². The van der Waals surface area contributed by atoms with Crippen molar-refractivity contribution in [2.45, 2.75) is 26.7 Å². The average Bonchev–Trinajstić information content (AvgIpc) is 2.82. The van der Waals surface area contributed by atoms with Crippen LogP contribution in [0.3, 0.4) is 0 Å². The first-order valence-corrected chi connectivity index (χ1v) is 7.39. The lowest BCUT2D eigenvalue weighted by atomic mass is 10.0. The molecule has 112 valence electrons. The molecule has 21 heavy (non-hydrogen) atoms. The molecule has 0 fully saturated rings. The standard InChI is InChI=1S/C17H22N2O2/c1-4-12(2)16(20)17(21)18-10-9-13-11-19(3)15-8-6-5-7-14(13)15/h5-8,11-12H,4,9-10H2,1-3H3,(H,18,21). The largest absolute Gasteiger partial charge is 0.350 e. The van der Waals surface area contributed by atoms with Gasteiger partial charge in [0.05, 0.1) is 0 Å². The Hall–Kier alpha value is -2.10. The number of hydrogen-bond acceptors (Lipinski definition) is 2. The van der Waals surface area contributed by atoms with Crippen molar-refractivity contribution in [3.8, 4) is 0 Å². The van der Waals surface area contributed by atoms with Crippen LogP contribution in [0.1, 0.15) is 25.8 Å². The van der Waals surface area contributed by atoms with E-state index in [1.165, 1.54) is 16.5 Å². The lowest BCUT2D eigenvalue weighted by Crippen LogP contribution is -2.35. The fourth-order valence-corrected chi connectivity index (χ4v) is 2.43. The monoisotopic (exact) mass is 286 g/mol. The summed E-state index contributed by atoms with van der Waals surface area (Å²) in [4.78, 5) is 23.5. The van der Waals surface area contributed by atoms with Crippen LogP contribution >= 0.6 is 0 Å². The molecular formula is C17H22N2O2. The summed E-state index contributed by atoms with van der Waals surface area (Å²) in [5, 5.41) is 3.92. The van der Waals surface area contributed by atoms with Gasteiger partial charge in [0.2, 0.25) is 5.78 Å². The molecule has 2 rings (SSSR count). The highest BCUT2D eigenvalue weighted by molar-refractivity contribution is 6.36. The van der Waals surface area contributed by atoms with Crippen LogP contribution in [0.4, 0.5) is 0 Å². The van der Waals surface area contributed by atoms with Gasteiger partial charge in [0.1, 0.15) is 0 Å². The predicted molar refractivity (Wildman–Crippen MR) is 84.1 cm³/mol. The fraction of sp³-hybridized carbons (Fsp3) is 0.412. The first-order valence-electron chi connectivity index (χ1n) is 7.39. The number of benzene rings is 1. The van der Waals surface area contributed by atoms with E-state index in [0.29, 0.717) is 13.0 Å². The number of aryl methyl sites for hydroxylation is 1. The third-order valence-electron chi connectivity index (χ3n) is 3.94. The van der Waals surface area contributed by atoms with E-state index in [1.807, 2.05) is 26.1 Å². The van der Waals surface area contributed by atoms with Crippen LogP contribution in [0.5, 0.6) is 0 Å². The molecule has 1 atom stereocenters. The summed E-state index contributed by atoms with van der Waals surface area (Å²) >= 11 is 0. The molecule has 1 amide bonds. The van der Waals surface area contributed by atoms with Crippen molar-refractivity contribution in [2.75, 3.05) is 6.54 Å². The average molecular weight is 286 g/mol. The van der Waals surface area contributed by atoms with Gasteiger partial charge in [-0.05, 0) is 24.5 Å². The number of nitrogens with one attached hydrogen (secondary N) is 1. The van der Waals surface area contributed by atoms with Crippen molar-refractivity contribution in [2.24, 2.45) is 13.0 Å². The molecular weight excluding hydrogens is 264 g/mol. The third-order valence-corrected chi connectivity index (χ3v) is 3.94. The predicted octanol–water partition coefficient (Wildman–Crippen LogP) is 2.45. The van der Waals surface area contributed by atoms with Crippen molar-refractivity contribution in [3.05, 3.63) is 36.0 Å². The van der Waals surface area contributed by atoms with Gasteiger partial charge in [0.25, 0.3) is 5.91 Å². The molecule has 1 N–H and O–H groups in total. The summed E-state index contributed by atoms with van der Waals surface area (Å²) in [6.45, 7) is 4.17. The van der Waals surface area contributed by atoms with Crippen molar-refractivity contribution in [3.63, 3.8) is 0 Å². The quantitative estimate of drug-likeness (QED) is 0.829. The molecule has 1 aromatic heterocycles. The van der Waals surface area contributed by atoms with E-state index < -0.39 is 5.91 Å². The summed E-state index contributed by atoms with van der Waals surface area (Å²) in [5.74, 6) is -0.998. The number of fused-ring (bicyclic) bond motifs is 1. The molecule has 1 aromatic carbocycles. The van der Waals surface area contributed by atoms with E-state index >= 15 is 0 Å². The Labute approximate surface area is 125 Å². The van der Waals surface area contributed by atoms with E-state index in [2.05, 4.69) is 28.2 Å². The molecule has 2 aromatic rings. The third kappa shape index (κ3) is 3.32. The number of para-hydroxylation sites is 1. The van der Waals surface area contributed by atoms with Crippen LogP contribution in [-0.4, -0.2) is 22.8 Å². The molecule has 0 radical (unpaired) electrons. The normalized spacial score (nSPS) is 12.3. The molecule has 4 nitrogen and oxygen atoms in total. The number of rotatable bonds is 6. The zero-order valence-electron chi connectivity index (χ0n) is 12.8. The number of amides is 1. The van der Waals surface area contributed by atoms with Crippen LogP contribution in [-0.2, 0) is 23.1 Å². The Morgan fingerprint density at radius 2 is 2.00 bits per heavy atom. The highest BCUT2D eigenvalue weighted by atomic mass is 16.2. The van der Waals surface area contributed by atoms with Gasteiger partial charge < -0.3 is 9.88 Å². The molecule has 0 saturated heterocycles. The molecule has 1 unspecified atom stereocenters. The lowest BCUT2D eigenvalue weighted by Gasteiger charge is -2.07.